The SMILES string of the molecule is CCSCCCOc1nc(OCCCS)nc(OCCCSCC)n1. The molecule has 0 aliphatic carbocycles. The van der Waals surface area contributed by atoms with Crippen LogP contribution < -0.4 is 14.2 Å². The maximum Gasteiger partial charge on any atom is 0.325 e. The molecular weight excluding hydrogens is 378 g/mol. The highest BCUT2D eigenvalue weighted by molar-refractivity contribution is 7.99. The highest BCUT2D eigenvalue weighted by atomic mass is 32.2. The van der Waals surface area contributed by atoms with Gasteiger partial charge in [0.05, 0.1) is 19.8 Å². The van der Waals surface area contributed by atoms with Gasteiger partial charge in [-0.3, -0.25) is 0 Å². The van der Waals surface area contributed by atoms with E-state index in [1.807, 2.05) is 23.5 Å². The van der Waals surface area contributed by atoms with Crippen molar-refractivity contribution in [2.45, 2.75) is 33.1 Å². The van der Waals surface area contributed by atoms with Gasteiger partial charge in [0.1, 0.15) is 0 Å². The van der Waals surface area contributed by atoms with E-state index in [1.54, 1.807) is 0 Å². The number of hydrogen-bond acceptors (Lipinski definition) is 9. The fourth-order valence-electron chi connectivity index (χ4n) is 1.68. The summed E-state index contributed by atoms with van der Waals surface area (Å²) in [6.07, 6.45) is 2.72. The average molecular weight is 408 g/mol. The lowest BCUT2D eigenvalue weighted by molar-refractivity contribution is 0.236. The molecule has 1 rings (SSSR count). The van der Waals surface area contributed by atoms with Gasteiger partial charge in [0.25, 0.3) is 0 Å². The highest BCUT2D eigenvalue weighted by Gasteiger charge is 2.10. The molecule has 1 heterocycles. The smallest absolute Gasteiger partial charge is 0.325 e. The normalized spacial score (nSPS) is 10.7. The van der Waals surface area contributed by atoms with Gasteiger partial charge < -0.3 is 14.2 Å². The monoisotopic (exact) mass is 407 g/mol. The number of rotatable bonds is 16. The van der Waals surface area contributed by atoms with Gasteiger partial charge in [0.15, 0.2) is 0 Å². The molecule has 0 amide bonds. The maximum atomic E-state index is 5.63. The van der Waals surface area contributed by atoms with Crippen LogP contribution in [0.3, 0.4) is 0 Å². The van der Waals surface area contributed by atoms with Crippen LogP contribution in [0, 0.1) is 0 Å². The van der Waals surface area contributed by atoms with Gasteiger partial charge in [0, 0.05) is 0 Å². The molecule has 0 unspecified atom stereocenters. The number of aromatic nitrogens is 3. The quantitative estimate of drug-likeness (QED) is 0.329. The Hall–Kier alpha value is -0.540. The van der Waals surface area contributed by atoms with Crippen molar-refractivity contribution in [2.75, 3.05) is 48.6 Å². The zero-order valence-corrected chi connectivity index (χ0v) is 17.6. The van der Waals surface area contributed by atoms with Crippen molar-refractivity contribution in [3.8, 4) is 18.0 Å². The molecule has 0 aromatic carbocycles. The first kappa shape index (κ1) is 22.5. The molecule has 9 heteroatoms. The Morgan fingerprint density at radius 1 is 0.720 bits per heavy atom. The Labute approximate surface area is 165 Å². The number of ether oxygens (including phenoxy) is 3. The first-order valence-electron chi connectivity index (χ1n) is 8.71. The summed E-state index contributed by atoms with van der Waals surface area (Å²) < 4.78 is 16.8. The second kappa shape index (κ2) is 15.7. The van der Waals surface area contributed by atoms with E-state index in [1.165, 1.54) is 0 Å². The Morgan fingerprint density at radius 2 is 1.12 bits per heavy atom. The highest BCUT2D eigenvalue weighted by Crippen LogP contribution is 2.16. The predicted molar refractivity (Wildman–Crippen MR) is 110 cm³/mol. The minimum absolute atomic E-state index is 0.243. The molecule has 0 spiro atoms. The molecule has 0 saturated heterocycles. The summed E-state index contributed by atoms with van der Waals surface area (Å²) in [6.45, 7) is 5.94. The zero-order valence-electron chi connectivity index (χ0n) is 15.1. The van der Waals surface area contributed by atoms with Gasteiger partial charge in [-0.25, -0.2) is 0 Å². The minimum Gasteiger partial charge on any atom is -0.463 e. The average Bonchev–Trinajstić information content (AvgIpc) is 2.61. The van der Waals surface area contributed by atoms with Crippen molar-refractivity contribution in [3.63, 3.8) is 0 Å². The minimum atomic E-state index is 0.243. The van der Waals surface area contributed by atoms with Crippen LogP contribution in [-0.2, 0) is 0 Å². The Morgan fingerprint density at radius 3 is 1.48 bits per heavy atom. The molecule has 0 bridgehead atoms. The van der Waals surface area contributed by atoms with Gasteiger partial charge in [-0.2, -0.15) is 36.2 Å². The summed E-state index contributed by atoms with van der Waals surface area (Å²) >= 11 is 7.95. The van der Waals surface area contributed by atoms with Crippen LogP contribution in [0.2, 0.25) is 0 Å². The molecule has 0 atom stereocenters. The fraction of sp³-hybridized carbons (Fsp3) is 0.812. The number of thioether (sulfide) groups is 2. The topological polar surface area (TPSA) is 66.4 Å². The van der Waals surface area contributed by atoms with Crippen LogP contribution in [0.1, 0.15) is 33.1 Å². The van der Waals surface area contributed by atoms with Crippen molar-refractivity contribution in [1.29, 1.82) is 0 Å². The van der Waals surface area contributed by atoms with Crippen molar-refractivity contribution >= 4 is 36.2 Å². The Balaban J connectivity index is 2.53. The second-order valence-electron chi connectivity index (χ2n) is 4.91. The van der Waals surface area contributed by atoms with Gasteiger partial charge in [-0.1, -0.05) is 13.8 Å². The number of hydrogen-bond donors (Lipinski definition) is 1. The van der Waals surface area contributed by atoms with Gasteiger partial charge >= 0.3 is 18.0 Å². The summed E-state index contributed by atoms with van der Waals surface area (Å²) in [7, 11) is 0. The van der Waals surface area contributed by atoms with Gasteiger partial charge in [-0.05, 0) is 48.0 Å². The van der Waals surface area contributed by atoms with E-state index in [0.29, 0.717) is 19.8 Å². The van der Waals surface area contributed by atoms with Gasteiger partial charge in [0.2, 0.25) is 0 Å². The third kappa shape index (κ3) is 11.6. The second-order valence-corrected chi connectivity index (χ2v) is 8.14. The van der Waals surface area contributed by atoms with Crippen LogP contribution in [0.5, 0.6) is 18.0 Å². The number of thiol groups is 1. The van der Waals surface area contributed by atoms with Crippen molar-refractivity contribution in [3.05, 3.63) is 0 Å². The lowest BCUT2D eigenvalue weighted by Gasteiger charge is -2.09. The Kier molecular flexibility index (Phi) is 14.1. The largest absolute Gasteiger partial charge is 0.463 e. The lowest BCUT2D eigenvalue weighted by Crippen LogP contribution is -2.10. The predicted octanol–water partition coefficient (Wildman–Crippen LogP) is 3.61. The molecule has 1 aromatic heterocycles. The van der Waals surface area contributed by atoms with E-state index in [-0.39, 0.29) is 18.0 Å². The first-order chi connectivity index (χ1) is 12.3. The van der Waals surface area contributed by atoms with Crippen molar-refractivity contribution < 1.29 is 14.2 Å². The fourth-order valence-corrected chi connectivity index (χ4v) is 3.03. The van der Waals surface area contributed by atoms with Crippen LogP contribution in [0.4, 0.5) is 0 Å². The molecule has 144 valence electrons. The summed E-state index contributed by atoms with van der Waals surface area (Å²) in [4.78, 5) is 12.6. The molecular formula is C16H29N3O3S3. The van der Waals surface area contributed by atoms with E-state index in [9.17, 15) is 0 Å². The summed E-state index contributed by atoms with van der Waals surface area (Å²) in [5, 5.41) is 0. The molecule has 0 aliphatic heterocycles. The number of nitrogens with zero attached hydrogens (tertiary/aromatic N) is 3. The van der Waals surface area contributed by atoms with Gasteiger partial charge in [-0.15, -0.1) is 15.0 Å². The molecule has 6 nitrogen and oxygen atoms in total. The van der Waals surface area contributed by atoms with Crippen LogP contribution in [-0.4, -0.2) is 63.5 Å². The van der Waals surface area contributed by atoms with E-state index >= 15 is 0 Å². The van der Waals surface area contributed by atoms with E-state index in [0.717, 1.165) is 48.0 Å². The molecule has 1 aromatic rings. The Bertz CT molecular complexity index is 424. The molecule has 0 aliphatic rings. The third-order valence-corrected chi connectivity index (χ3v) is 5.13. The lowest BCUT2D eigenvalue weighted by atomic mass is 10.5. The standard InChI is InChI=1S/C16H29N3O3S3/c1-3-24-12-6-9-21-15-17-14(20-8-5-11-23)18-16(19-15)22-10-7-13-25-4-2/h23H,3-13H2,1-2H3. The molecule has 0 fully saturated rings. The third-order valence-electron chi connectivity index (χ3n) is 2.84. The first-order valence-corrected chi connectivity index (χ1v) is 11.6. The van der Waals surface area contributed by atoms with E-state index in [2.05, 4.69) is 41.4 Å². The summed E-state index contributed by atoms with van der Waals surface area (Å²) in [5.41, 5.74) is 0. The maximum absolute atomic E-state index is 5.63. The van der Waals surface area contributed by atoms with Crippen molar-refractivity contribution in [2.24, 2.45) is 0 Å². The summed E-state index contributed by atoms with van der Waals surface area (Å²) in [5.74, 6) is 5.10. The van der Waals surface area contributed by atoms with Crippen LogP contribution >= 0.6 is 36.2 Å². The summed E-state index contributed by atoms with van der Waals surface area (Å²) in [6, 6.07) is 0.762. The molecule has 0 radical (unpaired) electrons. The van der Waals surface area contributed by atoms with Crippen LogP contribution in [0.25, 0.3) is 0 Å². The molecule has 0 N–H and O–H groups in total. The van der Waals surface area contributed by atoms with E-state index in [4.69, 9.17) is 14.2 Å². The van der Waals surface area contributed by atoms with Crippen molar-refractivity contribution in [1.82, 2.24) is 15.0 Å². The van der Waals surface area contributed by atoms with Crippen LogP contribution in [0.15, 0.2) is 0 Å². The van der Waals surface area contributed by atoms with E-state index < -0.39 is 0 Å². The zero-order chi connectivity index (χ0) is 18.2. The molecule has 25 heavy (non-hydrogen) atoms. The molecule has 0 saturated carbocycles.